The van der Waals surface area contributed by atoms with E-state index in [1.165, 1.54) is 0 Å². The molecule has 2 heterocycles. The maximum atomic E-state index is 4.44. The van der Waals surface area contributed by atoms with Gasteiger partial charge in [0.15, 0.2) is 0 Å². The van der Waals surface area contributed by atoms with Crippen LogP contribution in [-0.4, -0.2) is 35.6 Å². The largest absolute Gasteiger partial charge is 0.312 e. The molecule has 96 valence electrons. The van der Waals surface area contributed by atoms with Gasteiger partial charge in [0.2, 0.25) is 0 Å². The first-order chi connectivity index (χ1) is 7.65. The van der Waals surface area contributed by atoms with Gasteiger partial charge in [-0.1, -0.05) is 0 Å². The second-order valence-corrected chi connectivity index (χ2v) is 5.94. The van der Waals surface area contributed by atoms with Gasteiger partial charge in [-0.15, -0.1) is 12.4 Å². The fourth-order valence-electron chi connectivity index (χ4n) is 1.93. The van der Waals surface area contributed by atoms with E-state index < -0.39 is 0 Å². The fourth-order valence-corrected chi connectivity index (χ4v) is 3.04. The lowest BCUT2D eigenvalue weighted by molar-refractivity contribution is 0.197. The summed E-state index contributed by atoms with van der Waals surface area (Å²) >= 11 is 6.97. The summed E-state index contributed by atoms with van der Waals surface area (Å²) in [5.41, 5.74) is 1.11. The van der Waals surface area contributed by atoms with Crippen molar-refractivity contribution in [2.45, 2.75) is 19.5 Å². The molecule has 0 unspecified atom stereocenters. The average Bonchev–Trinajstić information content (AvgIpc) is 2.22. The number of aromatic nitrogens is 1. The maximum absolute atomic E-state index is 4.44. The zero-order valence-corrected chi connectivity index (χ0v) is 13.6. The summed E-state index contributed by atoms with van der Waals surface area (Å²) in [6.45, 7) is 6.38. The van der Waals surface area contributed by atoms with Crippen LogP contribution in [0.1, 0.15) is 12.6 Å². The highest BCUT2D eigenvalue weighted by Gasteiger charge is 2.16. The molecule has 1 atom stereocenters. The molecule has 1 fully saturated rings. The van der Waals surface area contributed by atoms with Gasteiger partial charge >= 0.3 is 0 Å². The molecule has 1 saturated heterocycles. The highest BCUT2D eigenvalue weighted by molar-refractivity contribution is 9.11. The monoisotopic (exact) mass is 383 g/mol. The zero-order valence-electron chi connectivity index (χ0n) is 9.62. The predicted molar refractivity (Wildman–Crippen MR) is 79.6 cm³/mol. The summed E-state index contributed by atoms with van der Waals surface area (Å²) in [4.78, 5) is 6.87. The molecule has 0 aromatic carbocycles. The van der Waals surface area contributed by atoms with Crippen molar-refractivity contribution < 1.29 is 0 Å². The van der Waals surface area contributed by atoms with Crippen LogP contribution < -0.4 is 5.32 Å². The van der Waals surface area contributed by atoms with Crippen molar-refractivity contribution in [1.82, 2.24) is 15.2 Å². The number of nitrogens with zero attached hydrogens (tertiary/aromatic N) is 2. The van der Waals surface area contributed by atoms with Crippen molar-refractivity contribution in [1.29, 1.82) is 0 Å². The molecule has 0 aliphatic carbocycles. The Kier molecular flexibility index (Phi) is 6.37. The number of piperazine rings is 1. The normalized spacial score (nSPS) is 21.0. The Labute approximate surface area is 125 Å². The minimum absolute atomic E-state index is 0. The second-order valence-electron chi connectivity index (χ2n) is 4.17. The van der Waals surface area contributed by atoms with Crippen molar-refractivity contribution in [2.24, 2.45) is 0 Å². The Morgan fingerprint density at radius 3 is 2.94 bits per heavy atom. The fraction of sp³-hybridized carbons (Fsp3) is 0.545. The molecule has 3 nitrogen and oxygen atoms in total. The van der Waals surface area contributed by atoms with Crippen LogP contribution in [0, 0.1) is 0 Å². The van der Waals surface area contributed by atoms with E-state index in [0.717, 1.165) is 40.8 Å². The van der Waals surface area contributed by atoms with Crippen molar-refractivity contribution in [3.05, 3.63) is 26.9 Å². The van der Waals surface area contributed by atoms with Crippen LogP contribution in [0.5, 0.6) is 0 Å². The van der Waals surface area contributed by atoms with Gasteiger partial charge in [0, 0.05) is 47.4 Å². The molecular formula is C11H16Br2ClN3. The molecule has 0 amide bonds. The van der Waals surface area contributed by atoms with Crippen LogP contribution in [-0.2, 0) is 6.54 Å². The van der Waals surface area contributed by atoms with Gasteiger partial charge in [-0.3, -0.25) is 9.88 Å². The quantitative estimate of drug-likeness (QED) is 0.849. The number of rotatable bonds is 2. The van der Waals surface area contributed by atoms with E-state index in [1.807, 2.05) is 12.3 Å². The first kappa shape index (κ1) is 15.4. The summed E-state index contributed by atoms with van der Waals surface area (Å²) in [5, 5.41) is 3.44. The summed E-state index contributed by atoms with van der Waals surface area (Å²) in [5.74, 6) is 0. The first-order valence-corrected chi connectivity index (χ1v) is 6.99. The van der Waals surface area contributed by atoms with E-state index in [-0.39, 0.29) is 12.4 Å². The summed E-state index contributed by atoms with van der Waals surface area (Å²) in [6.07, 6.45) is 1.85. The predicted octanol–water partition coefficient (Wildman–Crippen LogP) is 2.82. The number of nitrogens with one attached hydrogen (secondary N) is 1. The van der Waals surface area contributed by atoms with Crippen molar-refractivity contribution >= 4 is 44.3 Å². The van der Waals surface area contributed by atoms with Gasteiger partial charge in [-0.05, 0) is 44.8 Å². The topological polar surface area (TPSA) is 28.2 Å². The van der Waals surface area contributed by atoms with Crippen LogP contribution in [0.25, 0.3) is 0 Å². The standard InChI is InChI=1S/C11H15Br2N3.ClH/c1-8-6-16(3-2-14-8)7-11-10(13)4-9(12)5-15-11;/h4-5,8,14H,2-3,6-7H2,1H3;1H/t8-;/m0./s1. The van der Waals surface area contributed by atoms with E-state index in [4.69, 9.17) is 0 Å². The third-order valence-corrected chi connectivity index (χ3v) is 3.83. The lowest BCUT2D eigenvalue weighted by Crippen LogP contribution is -2.48. The number of pyridine rings is 1. The molecule has 1 aromatic rings. The van der Waals surface area contributed by atoms with Gasteiger partial charge in [-0.25, -0.2) is 0 Å². The smallest absolute Gasteiger partial charge is 0.0686 e. The van der Waals surface area contributed by atoms with E-state index >= 15 is 0 Å². The zero-order chi connectivity index (χ0) is 11.5. The summed E-state index contributed by atoms with van der Waals surface area (Å²) in [6, 6.07) is 2.62. The maximum Gasteiger partial charge on any atom is 0.0686 e. The molecule has 1 aromatic heterocycles. The lowest BCUT2D eigenvalue weighted by Gasteiger charge is -2.31. The molecule has 2 rings (SSSR count). The molecule has 1 aliphatic rings. The SMILES string of the molecule is C[C@H]1CN(Cc2ncc(Br)cc2Br)CCN1.Cl. The van der Waals surface area contributed by atoms with Gasteiger partial charge in [0.25, 0.3) is 0 Å². The van der Waals surface area contributed by atoms with E-state index in [2.05, 4.69) is 54.0 Å². The van der Waals surface area contributed by atoms with Gasteiger partial charge in [0.05, 0.1) is 5.69 Å². The third-order valence-electron chi connectivity index (χ3n) is 2.71. The Morgan fingerprint density at radius 1 is 1.53 bits per heavy atom. The molecule has 0 spiro atoms. The molecule has 0 radical (unpaired) electrons. The van der Waals surface area contributed by atoms with Gasteiger partial charge in [0.1, 0.15) is 0 Å². The van der Waals surface area contributed by atoms with Crippen molar-refractivity contribution in [2.75, 3.05) is 19.6 Å². The number of hydrogen-bond donors (Lipinski definition) is 1. The van der Waals surface area contributed by atoms with E-state index in [9.17, 15) is 0 Å². The average molecular weight is 386 g/mol. The molecular weight excluding hydrogens is 369 g/mol. The summed E-state index contributed by atoms with van der Waals surface area (Å²) < 4.78 is 2.09. The Morgan fingerprint density at radius 2 is 2.29 bits per heavy atom. The second kappa shape index (κ2) is 7.04. The third kappa shape index (κ3) is 4.48. The first-order valence-electron chi connectivity index (χ1n) is 5.41. The Bertz CT molecular complexity index is 376. The van der Waals surface area contributed by atoms with Crippen LogP contribution in [0.4, 0.5) is 0 Å². The van der Waals surface area contributed by atoms with Crippen LogP contribution in [0.3, 0.4) is 0 Å². The van der Waals surface area contributed by atoms with E-state index in [0.29, 0.717) is 6.04 Å². The highest BCUT2D eigenvalue weighted by Crippen LogP contribution is 2.21. The molecule has 6 heteroatoms. The molecule has 17 heavy (non-hydrogen) atoms. The molecule has 0 bridgehead atoms. The van der Waals surface area contributed by atoms with Crippen LogP contribution in [0.15, 0.2) is 21.2 Å². The van der Waals surface area contributed by atoms with E-state index in [1.54, 1.807) is 0 Å². The molecule has 0 saturated carbocycles. The van der Waals surface area contributed by atoms with Crippen LogP contribution >= 0.6 is 44.3 Å². The van der Waals surface area contributed by atoms with Crippen molar-refractivity contribution in [3.8, 4) is 0 Å². The highest BCUT2D eigenvalue weighted by atomic mass is 79.9. The number of hydrogen-bond acceptors (Lipinski definition) is 3. The van der Waals surface area contributed by atoms with Crippen LogP contribution in [0.2, 0.25) is 0 Å². The Balaban J connectivity index is 0.00000144. The van der Waals surface area contributed by atoms with Gasteiger partial charge in [-0.2, -0.15) is 0 Å². The number of halogens is 3. The van der Waals surface area contributed by atoms with Crippen molar-refractivity contribution in [3.63, 3.8) is 0 Å². The minimum atomic E-state index is 0. The lowest BCUT2D eigenvalue weighted by atomic mass is 10.2. The minimum Gasteiger partial charge on any atom is -0.312 e. The molecule has 1 aliphatic heterocycles. The molecule has 1 N–H and O–H groups in total. The summed E-state index contributed by atoms with van der Waals surface area (Å²) in [7, 11) is 0. The van der Waals surface area contributed by atoms with Gasteiger partial charge < -0.3 is 5.32 Å². The Hall–Kier alpha value is 0.320.